The third-order valence-corrected chi connectivity index (χ3v) is 2.23. The minimum Gasteiger partial charge on any atom is -0.545 e. The summed E-state index contributed by atoms with van der Waals surface area (Å²) in [7, 11) is 0. The predicted octanol–water partition coefficient (Wildman–Crippen LogP) is -0.972. The maximum atomic E-state index is 10.6. The first-order valence-corrected chi connectivity index (χ1v) is 3.98. The quantitative estimate of drug-likeness (QED) is 0.629. The number of carbonyl (C=O) groups is 2. The van der Waals surface area contributed by atoms with Crippen molar-refractivity contribution in [2.45, 2.75) is 13.8 Å². The Bertz CT molecular complexity index is 373. The zero-order valence-electron chi connectivity index (χ0n) is 8.17. The molecule has 0 spiro atoms. The summed E-state index contributed by atoms with van der Waals surface area (Å²) in [6, 6.07) is 2.42. The van der Waals surface area contributed by atoms with Gasteiger partial charge in [-0.3, -0.25) is 0 Å². The van der Waals surface area contributed by atoms with Crippen molar-refractivity contribution in [1.29, 1.82) is 0 Å². The maximum Gasteiger partial charge on any atom is 2.00 e. The van der Waals surface area contributed by atoms with Gasteiger partial charge in [0.1, 0.15) is 0 Å². The zero-order valence-corrected chi connectivity index (χ0v) is 9.35. The molecule has 0 saturated heterocycles. The van der Waals surface area contributed by atoms with Crippen molar-refractivity contribution < 1.29 is 36.9 Å². The van der Waals surface area contributed by atoms with E-state index in [2.05, 4.69) is 0 Å². The van der Waals surface area contributed by atoms with E-state index < -0.39 is 11.9 Å². The van der Waals surface area contributed by atoms with Crippen molar-refractivity contribution in [1.82, 2.24) is 0 Å². The van der Waals surface area contributed by atoms with Crippen LogP contribution in [-0.2, 0) is 17.1 Å². The van der Waals surface area contributed by atoms with Crippen molar-refractivity contribution in [3.63, 3.8) is 0 Å². The van der Waals surface area contributed by atoms with Crippen LogP contribution in [0.5, 0.6) is 0 Å². The molecule has 4 nitrogen and oxygen atoms in total. The van der Waals surface area contributed by atoms with Crippen LogP contribution in [0.2, 0.25) is 0 Å². The van der Waals surface area contributed by atoms with Gasteiger partial charge in [0.15, 0.2) is 0 Å². The molecule has 5 heteroatoms. The molecule has 0 fully saturated rings. The van der Waals surface area contributed by atoms with Gasteiger partial charge < -0.3 is 19.8 Å². The normalized spacial score (nSPS) is 9.20. The number of hydrogen-bond donors (Lipinski definition) is 0. The maximum absolute atomic E-state index is 10.6. The van der Waals surface area contributed by atoms with Gasteiger partial charge in [0.25, 0.3) is 0 Å². The molecule has 15 heavy (non-hydrogen) atoms. The molecule has 0 aliphatic rings. The molecule has 0 amide bonds. The van der Waals surface area contributed by atoms with Crippen molar-refractivity contribution in [2.75, 3.05) is 0 Å². The summed E-state index contributed by atoms with van der Waals surface area (Å²) in [6.45, 7) is 3.07. The molecule has 0 aliphatic carbocycles. The van der Waals surface area contributed by atoms with Crippen LogP contribution in [0.3, 0.4) is 0 Å². The van der Waals surface area contributed by atoms with E-state index in [-0.39, 0.29) is 28.2 Å². The molecule has 79 valence electrons. The van der Waals surface area contributed by atoms with Gasteiger partial charge in [-0.2, -0.15) is 0 Å². The molecular weight excluding hydrogens is 239 g/mol. The Labute approximate surface area is 97.4 Å². The second-order valence-electron chi connectivity index (χ2n) is 2.99. The second kappa shape index (κ2) is 4.96. The molecule has 0 heterocycles. The number of carbonyl (C=O) groups excluding carboxylic acids is 2. The van der Waals surface area contributed by atoms with E-state index in [0.717, 1.165) is 0 Å². The molecule has 0 aromatic heterocycles. The monoisotopic (exact) mass is 247 g/mol. The van der Waals surface area contributed by atoms with Crippen molar-refractivity contribution in [3.8, 4) is 0 Å². The molecule has 1 radical (unpaired) electrons. The van der Waals surface area contributed by atoms with Crippen LogP contribution in [0.1, 0.15) is 31.8 Å². The van der Waals surface area contributed by atoms with E-state index in [0.29, 0.717) is 11.1 Å². The third-order valence-electron chi connectivity index (χ3n) is 2.23. The fraction of sp³-hybridized carbons (Fsp3) is 0.200. The van der Waals surface area contributed by atoms with E-state index in [1.165, 1.54) is 26.0 Å². The van der Waals surface area contributed by atoms with Crippen molar-refractivity contribution in [3.05, 3.63) is 34.4 Å². The van der Waals surface area contributed by atoms with E-state index in [1.807, 2.05) is 0 Å². The number of rotatable bonds is 2. The Kier molecular flexibility index (Phi) is 4.52. The summed E-state index contributed by atoms with van der Waals surface area (Å²) in [4.78, 5) is 21.2. The van der Waals surface area contributed by atoms with Gasteiger partial charge in [-0.05, 0) is 25.0 Å². The first kappa shape index (κ1) is 13.7. The van der Waals surface area contributed by atoms with Crippen molar-refractivity contribution in [2.24, 2.45) is 0 Å². The van der Waals surface area contributed by atoms with E-state index in [4.69, 9.17) is 0 Å². The fourth-order valence-corrected chi connectivity index (χ4v) is 1.26. The SMILES string of the molecule is Cc1c(C(=O)[O-])ccc(C(=O)[O-])c1C.[Mn+2]. The molecule has 1 rings (SSSR count). The van der Waals surface area contributed by atoms with Gasteiger partial charge in [-0.1, -0.05) is 12.1 Å². The van der Waals surface area contributed by atoms with Gasteiger partial charge in [-0.25, -0.2) is 0 Å². The average molecular weight is 247 g/mol. The van der Waals surface area contributed by atoms with Crippen LogP contribution in [0.25, 0.3) is 0 Å². The Hall–Kier alpha value is -1.32. The molecular formula is C10H8MnO4. The fourth-order valence-electron chi connectivity index (χ4n) is 1.26. The largest absolute Gasteiger partial charge is 2.00 e. The van der Waals surface area contributed by atoms with Crippen LogP contribution in [0.4, 0.5) is 0 Å². The minimum absolute atomic E-state index is 0. The van der Waals surface area contributed by atoms with Gasteiger partial charge in [0.2, 0.25) is 0 Å². The number of benzene rings is 1. The Balaban J connectivity index is 0.00000196. The van der Waals surface area contributed by atoms with Gasteiger partial charge in [-0.15, -0.1) is 0 Å². The number of carboxylic acids is 2. The first-order chi connectivity index (χ1) is 6.45. The van der Waals surface area contributed by atoms with Crippen LogP contribution >= 0.6 is 0 Å². The molecule has 1 aromatic rings. The Morgan fingerprint density at radius 2 is 1.20 bits per heavy atom. The summed E-state index contributed by atoms with van der Waals surface area (Å²) >= 11 is 0. The summed E-state index contributed by atoms with van der Waals surface area (Å²) in [5, 5.41) is 21.2. The molecule has 1 aromatic carbocycles. The Morgan fingerprint density at radius 3 is 1.40 bits per heavy atom. The molecule has 0 saturated carbocycles. The van der Waals surface area contributed by atoms with E-state index >= 15 is 0 Å². The van der Waals surface area contributed by atoms with E-state index in [9.17, 15) is 19.8 Å². The van der Waals surface area contributed by atoms with Gasteiger partial charge in [0.05, 0.1) is 11.9 Å². The summed E-state index contributed by atoms with van der Waals surface area (Å²) < 4.78 is 0. The smallest absolute Gasteiger partial charge is 0.545 e. The molecule has 0 N–H and O–H groups in total. The zero-order chi connectivity index (χ0) is 10.9. The predicted molar refractivity (Wildman–Crippen MR) is 44.6 cm³/mol. The van der Waals surface area contributed by atoms with Crippen LogP contribution < -0.4 is 10.2 Å². The number of aromatic carboxylic acids is 2. The minimum atomic E-state index is -1.31. The molecule has 0 atom stereocenters. The number of carboxylic acid groups (broad SMARTS) is 2. The topological polar surface area (TPSA) is 80.3 Å². The summed E-state index contributed by atoms with van der Waals surface area (Å²) in [5.74, 6) is -2.62. The summed E-state index contributed by atoms with van der Waals surface area (Å²) in [5.41, 5.74) is 0.804. The van der Waals surface area contributed by atoms with Crippen molar-refractivity contribution >= 4 is 11.9 Å². The first-order valence-electron chi connectivity index (χ1n) is 3.98. The molecule has 0 aliphatic heterocycles. The van der Waals surface area contributed by atoms with Crippen LogP contribution in [0, 0.1) is 13.8 Å². The van der Waals surface area contributed by atoms with Crippen LogP contribution in [0.15, 0.2) is 12.1 Å². The summed E-state index contributed by atoms with van der Waals surface area (Å²) in [6.07, 6.45) is 0. The van der Waals surface area contributed by atoms with E-state index in [1.54, 1.807) is 0 Å². The standard InChI is InChI=1S/C10H10O4.Mn/c1-5-6(2)8(10(13)14)4-3-7(5)9(11)12;/h3-4H,1-2H3,(H,11,12)(H,13,14);/q;+2/p-2. The van der Waals surface area contributed by atoms with Gasteiger partial charge >= 0.3 is 17.1 Å². The second-order valence-corrected chi connectivity index (χ2v) is 2.99. The molecule has 0 bridgehead atoms. The number of hydrogen-bond acceptors (Lipinski definition) is 4. The third kappa shape index (κ3) is 2.58. The average Bonchev–Trinajstić information content (AvgIpc) is 2.08. The van der Waals surface area contributed by atoms with Crippen LogP contribution in [-0.4, -0.2) is 11.9 Å². The molecule has 0 unspecified atom stereocenters. The van der Waals surface area contributed by atoms with Gasteiger partial charge in [0, 0.05) is 11.1 Å². The Morgan fingerprint density at radius 1 is 0.933 bits per heavy atom.